The van der Waals surface area contributed by atoms with E-state index in [-0.39, 0.29) is 12.5 Å². The Kier molecular flexibility index (Phi) is 3.51. The lowest BCUT2D eigenvalue weighted by molar-refractivity contribution is -0.00760. The molecule has 17 heavy (non-hydrogen) atoms. The van der Waals surface area contributed by atoms with Gasteiger partial charge in [0.2, 0.25) is 0 Å². The number of carbonyl (C=O) groups excluding carboxylic acids is 1. The lowest BCUT2D eigenvalue weighted by Gasteiger charge is -2.37. The lowest BCUT2D eigenvalue weighted by atomic mass is 9.97. The summed E-state index contributed by atoms with van der Waals surface area (Å²) >= 11 is 3.35. The van der Waals surface area contributed by atoms with Crippen LogP contribution < -0.4 is 10.6 Å². The van der Waals surface area contributed by atoms with Crippen molar-refractivity contribution in [3.05, 3.63) is 33.8 Å². The van der Waals surface area contributed by atoms with Gasteiger partial charge in [-0.3, -0.25) is 4.79 Å². The fourth-order valence-corrected chi connectivity index (χ4v) is 2.12. The Balaban J connectivity index is 2.01. The van der Waals surface area contributed by atoms with Crippen LogP contribution in [0.1, 0.15) is 15.9 Å². The van der Waals surface area contributed by atoms with Crippen LogP contribution in [0, 0.1) is 6.92 Å². The van der Waals surface area contributed by atoms with Gasteiger partial charge in [-0.2, -0.15) is 0 Å². The first-order valence-corrected chi connectivity index (χ1v) is 6.27. The maximum absolute atomic E-state index is 11.9. The van der Waals surface area contributed by atoms with Gasteiger partial charge in [0.05, 0.1) is 5.56 Å². The fourth-order valence-electron chi connectivity index (χ4n) is 1.69. The normalized spacial score (nSPS) is 17.4. The minimum Gasteiger partial charge on any atom is -0.385 e. The van der Waals surface area contributed by atoms with Crippen molar-refractivity contribution in [2.45, 2.75) is 12.5 Å². The molecule has 5 heteroatoms. The first kappa shape index (κ1) is 12.5. The van der Waals surface area contributed by atoms with Crippen LogP contribution in [0.25, 0.3) is 0 Å². The molecule has 1 aliphatic heterocycles. The van der Waals surface area contributed by atoms with Crippen molar-refractivity contribution in [3.8, 4) is 0 Å². The topological polar surface area (TPSA) is 61.4 Å². The van der Waals surface area contributed by atoms with Gasteiger partial charge in [0.25, 0.3) is 5.91 Å². The maximum Gasteiger partial charge on any atom is 0.252 e. The molecular weight excluding hydrogens is 284 g/mol. The number of halogens is 1. The number of nitrogens with one attached hydrogen (secondary N) is 2. The summed E-state index contributed by atoms with van der Waals surface area (Å²) in [4.78, 5) is 11.9. The van der Waals surface area contributed by atoms with E-state index in [2.05, 4.69) is 26.6 Å². The quantitative estimate of drug-likeness (QED) is 0.774. The van der Waals surface area contributed by atoms with Crippen molar-refractivity contribution in [1.82, 2.24) is 10.6 Å². The van der Waals surface area contributed by atoms with Gasteiger partial charge in [-0.05, 0) is 35.0 Å². The van der Waals surface area contributed by atoms with Gasteiger partial charge in [0, 0.05) is 24.1 Å². The van der Waals surface area contributed by atoms with E-state index in [1.54, 1.807) is 0 Å². The van der Waals surface area contributed by atoms with Crippen molar-refractivity contribution >= 4 is 21.8 Å². The van der Waals surface area contributed by atoms with Crippen molar-refractivity contribution in [2.75, 3.05) is 19.6 Å². The SMILES string of the molecule is Cc1ccc(Br)c(C(=O)NCC2(O)CNC2)c1. The average molecular weight is 299 g/mol. The van der Waals surface area contributed by atoms with E-state index in [1.807, 2.05) is 25.1 Å². The van der Waals surface area contributed by atoms with E-state index in [0.717, 1.165) is 10.0 Å². The van der Waals surface area contributed by atoms with Crippen LogP contribution in [0.3, 0.4) is 0 Å². The molecule has 2 rings (SSSR count). The molecule has 92 valence electrons. The summed E-state index contributed by atoms with van der Waals surface area (Å²) in [5, 5.41) is 15.6. The molecular formula is C12H15BrN2O2. The molecule has 1 saturated heterocycles. The number of amides is 1. The molecule has 0 atom stereocenters. The number of β-amino-alcohol motifs (C(OH)–C–C–N with tert-alkyl or cyclic N) is 1. The number of hydrogen-bond acceptors (Lipinski definition) is 3. The Morgan fingerprint density at radius 2 is 2.29 bits per heavy atom. The largest absolute Gasteiger partial charge is 0.385 e. The number of aliphatic hydroxyl groups is 1. The van der Waals surface area contributed by atoms with Crippen molar-refractivity contribution in [2.24, 2.45) is 0 Å². The van der Waals surface area contributed by atoms with Crippen LogP contribution in [0.15, 0.2) is 22.7 Å². The molecule has 4 nitrogen and oxygen atoms in total. The molecule has 1 fully saturated rings. The van der Waals surface area contributed by atoms with E-state index in [9.17, 15) is 9.90 Å². The molecule has 0 aromatic heterocycles. The Morgan fingerprint density at radius 1 is 1.59 bits per heavy atom. The molecule has 0 bridgehead atoms. The first-order chi connectivity index (χ1) is 8.00. The van der Waals surface area contributed by atoms with E-state index < -0.39 is 5.60 Å². The van der Waals surface area contributed by atoms with Gasteiger partial charge in [0.15, 0.2) is 0 Å². The second-order valence-corrected chi connectivity index (χ2v) is 5.35. The predicted octanol–water partition coefficient (Wildman–Crippen LogP) is 0.822. The Hall–Kier alpha value is -0.910. The fraction of sp³-hybridized carbons (Fsp3) is 0.417. The van der Waals surface area contributed by atoms with Gasteiger partial charge in [0.1, 0.15) is 5.60 Å². The molecule has 0 saturated carbocycles. The van der Waals surface area contributed by atoms with Gasteiger partial charge in [-0.1, -0.05) is 11.6 Å². The second-order valence-electron chi connectivity index (χ2n) is 4.49. The van der Waals surface area contributed by atoms with Gasteiger partial charge >= 0.3 is 0 Å². The van der Waals surface area contributed by atoms with Gasteiger partial charge in [-0.15, -0.1) is 0 Å². The number of carbonyl (C=O) groups is 1. The van der Waals surface area contributed by atoms with Crippen molar-refractivity contribution in [1.29, 1.82) is 0 Å². The molecule has 1 aromatic carbocycles. The highest BCUT2D eigenvalue weighted by molar-refractivity contribution is 9.10. The molecule has 1 aromatic rings. The summed E-state index contributed by atoms with van der Waals surface area (Å²) in [5.41, 5.74) is 0.842. The monoisotopic (exact) mass is 298 g/mol. The first-order valence-electron chi connectivity index (χ1n) is 5.48. The molecule has 1 amide bonds. The van der Waals surface area contributed by atoms with Gasteiger partial charge < -0.3 is 15.7 Å². The van der Waals surface area contributed by atoms with E-state index in [4.69, 9.17) is 0 Å². The zero-order chi connectivity index (χ0) is 12.5. The van der Waals surface area contributed by atoms with Crippen molar-refractivity contribution < 1.29 is 9.90 Å². The summed E-state index contributed by atoms with van der Waals surface area (Å²) in [7, 11) is 0. The van der Waals surface area contributed by atoms with Crippen LogP contribution in [-0.4, -0.2) is 36.2 Å². The number of rotatable bonds is 3. The molecule has 1 aliphatic rings. The summed E-state index contributed by atoms with van der Waals surface area (Å²) in [6, 6.07) is 5.61. The standard InChI is InChI=1S/C12H15BrN2O2/c1-8-2-3-10(13)9(4-8)11(16)15-7-12(17)5-14-6-12/h2-4,14,17H,5-7H2,1H3,(H,15,16). The molecule has 0 unspecified atom stereocenters. The average Bonchev–Trinajstić information content (AvgIpc) is 2.26. The van der Waals surface area contributed by atoms with Gasteiger partial charge in [-0.25, -0.2) is 0 Å². The third-order valence-electron chi connectivity index (χ3n) is 2.85. The van der Waals surface area contributed by atoms with Crippen LogP contribution in [0.2, 0.25) is 0 Å². The molecule has 1 heterocycles. The number of benzene rings is 1. The highest BCUT2D eigenvalue weighted by Crippen LogP contribution is 2.18. The zero-order valence-corrected chi connectivity index (χ0v) is 11.2. The summed E-state index contributed by atoms with van der Waals surface area (Å²) < 4.78 is 0.763. The van der Waals surface area contributed by atoms with E-state index in [0.29, 0.717) is 18.7 Å². The van der Waals surface area contributed by atoms with Crippen LogP contribution in [0.4, 0.5) is 0 Å². The Bertz CT molecular complexity index is 444. The summed E-state index contributed by atoms with van der Waals surface area (Å²) in [5.74, 6) is -0.166. The minimum absolute atomic E-state index is 0.166. The number of aryl methyl sites for hydroxylation is 1. The zero-order valence-electron chi connectivity index (χ0n) is 9.59. The molecule has 0 radical (unpaired) electrons. The Morgan fingerprint density at radius 3 is 2.88 bits per heavy atom. The van der Waals surface area contributed by atoms with Crippen molar-refractivity contribution in [3.63, 3.8) is 0 Å². The van der Waals surface area contributed by atoms with Crippen LogP contribution in [-0.2, 0) is 0 Å². The van der Waals surface area contributed by atoms with Crippen LogP contribution in [0.5, 0.6) is 0 Å². The van der Waals surface area contributed by atoms with E-state index >= 15 is 0 Å². The molecule has 3 N–H and O–H groups in total. The maximum atomic E-state index is 11.9. The molecule has 0 aliphatic carbocycles. The lowest BCUT2D eigenvalue weighted by Crippen LogP contribution is -2.64. The highest BCUT2D eigenvalue weighted by atomic mass is 79.9. The second kappa shape index (κ2) is 4.76. The summed E-state index contributed by atoms with van der Waals surface area (Å²) in [6.07, 6.45) is 0. The smallest absolute Gasteiger partial charge is 0.252 e. The third-order valence-corrected chi connectivity index (χ3v) is 3.54. The van der Waals surface area contributed by atoms with Crippen LogP contribution >= 0.6 is 15.9 Å². The highest BCUT2D eigenvalue weighted by Gasteiger charge is 2.34. The summed E-state index contributed by atoms with van der Waals surface area (Å²) in [6.45, 7) is 3.27. The minimum atomic E-state index is -0.786. The predicted molar refractivity (Wildman–Crippen MR) is 69.0 cm³/mol. The van der Waals surface area contributed by atoms with E-state index in [1.165, 1.54) is 0 Å². The third kappa shape index (κ3) is 2.86. The number of hydrogen-bond donors (Lipinski definition) is 3. The Labute approximate surface area is 109 Å². The molecule has 0 spiro atoms.